The Kier molecular flexibility index (Phi) is 9.62. The molecule has 4 rings (SSSR count). The third-order valence-corrected chi connectivity index (χ3v) is 7.33. The summed E-state index contributed by atoms with van der Waals surface area (Å²) in [6, 6.07) is 21.1. The first-order chi connectivity index (χ1) is 18.9. The van der Waals surface area contributed by atoms with E-state index in [2.05, 4.69) is 10.3 Å². The van der Waals surface area contributed by atoms with Gasteiger partial charge >= 0.3 is 5.97 Å². The molecule has 1 aliphatic heterocycles. The molecule has 0 bridgehead atoms. The molecule has 1 unspecified atom stereocenters. The van der Waals surface area contributed by atoms with Crippen LogP contribution in [0, 0.1) is 0 Å². The molecule has 1 saturated heterocycles. The molecule has 0 aromatic heterocycles. The van der Waals surface area contributed by atoms with E-state index in [1.807, 2.05) is 24.3 Å². The van der Waals surface area contributed by atoms with E-state index < -0.39 is 11.2 Å². The largest absolute Gasteiger partial charge is 0.497 e. The topological polar surface area (TPSA) is 97.3 Å². The quantitative estimate of drug-likeness (QED) is 0.315. The van der Waals surface area contributed by atoms with Crippen molar-refractivity contribution in [3.05, 3.63) is 88.9 Å². The van der Waals surface area contributed by atoms with Crippen LogP contribution >= 0.6 is 23.4 Å². The second-order valence-electron chi connectivity index (χ2n) is 8.62. The van der Waals surface area contributed by atoms with Gasteiger partial charge in [0.1, 0.15) is 11.0 Å². The van der Waals surface area contributed by atoms with Gasteiger partial charge in [0, 0.05) is 23.7 Å². The van der Waals surface area contributed by atoms with Crippen molar-refractivity contribution in [3.8, 4) is 5.75 Å². The fourth-order valence-corrected chi connectivity index (χ4v) is 5.18. The van der Waals surface area contributed by atoms with E-state index in [1.54, 1.807) is 67.5 Å². The summed E-state index contributed by atoms with van der Waals surface area (Å²) in [6.07, 6.45) is 0.586. The monoisotopic (exact) mass is 565 g/mol. The number of hydrogen-bond donors (Lipinski definition) is 1. The van der Waals surface area contributed by atoms with Crippen molar-refractivity contribution in [1.29, 1.82) is 0 Å². The highest BCUT2D eigenvalue weighted by Crippen LogP contribution is 2.32. The van der Waals surface area contributed by atoms with Gasteiger partial charge in [-0.3, -0.25) is 14.5 Å². The molecule has 1 fully saturated rings. The smallest absolute Gasteiger partial charge is 0.338 e. The van der Waals surface area contributed by atoms with Crippen molar-refractivity contribution in [2.45, 2.75) is 25.0 Å². The Hall–Kier alpha value is -3.82. The zero-order valence-electron chi connectivity index (χ0n) is 21.6. The number of thioether (sulfide) groups is 1. The van der Waals surface area contributed by atoms with Gasteiger partial charge in [-0.15, -0.1) is 0 Å². The van der Waals surface area contributed by atoms with Crippen molar-refractivity contribution in [1.82, 2.24) is 4.90 Å². The van der Waals surface area contributed by atoms with Crippen molar-refractivity contribution < 1.29 is 23.9 Å². The second kappa shape index (κ2) is 13.3. The molecule has 39 heavy (non-hydrogen) atoms. The summed E-state index contributed by atoms with van der Waals surface area (Å²) in [6.45, 7) is 2.43. The highest BCUT2D eigenvalue weighted by Gasteiger charge is 2.39. The third-order valence-electron chi connectivity index (χ3n) is 5.91. The standard InChI is InChI=1S/C29H28ClN3O5S/c1-3-38-28(36)20-6-10-23(11-7-20)32-29-33(17-16-19-4-8-21(30)9-5-19)27(35)25(39-29)18-26(34)31-22-12-14-24(37-2)15-13-22/h4-15,25H,3,16-18H2,1-2H3,(H,31,34). The van der Waals surface area contributed by atoms with Crippen LogP contribution < -0.4 is 10.1 Å². The van der Waals surface area contributed by atoms with Crippen molar-refractivity contribution in [2.24, 2.45) is 4.99 Å². The second-order valence-corrected chi connectivity index (χ2v) is 10.2. The SMILES string of the molecule is CCOC(=O)c1ccc(N=C2SC(CC(=O)Nc3ccc(OC)cc3)C(=O)N2CCc2ccc(Cl)cc2)cc1. The molecule has 10 heteroatoms. The van der Waals surface area contributed by atoms with Crippen LogP contribution in [0.5, 0.6) is 5.75 Å². The van der Waals surface area contributed by atoms with Crippen molar-refractivity contribution in [3.63, 3.8) is 0 Å². The number of benzene rings is 3. The molecular formula is C29H28ClN3O5S. The number of nitrogens with one attached hydrogen (secondary N) is 1. The number of carbonyl (C=O) groups is 3. The Morgan fingerprint density at radius 1 is 1.03 bits per heavy atom. The van der Waals surface area contributed by atoms with E-state index in [-0.39, 0.29) is 24.8 Å². The van der Waals surface area contributed by atoms with Gasteiger partial charge < -0.3 is 14.8 Å². The number of aliphatic imine (C=N–C) groups is 1. The summed E-state index contributed by atoms with van der Waals surface area (Å²) >= 11 is 7.26. The van der Waals surface area contributed by atoms with Crippen LogP contribution in [0.3, 0.4) is 0 Å². The van der Waals surface area contributed by atoms with Crippen LogP contribution in [-0.4, -0.2) is 53.4 Å². The normalized spacial score (nSPS) is 15.9. The average Bonchev–Trinajstić information content (AvgIpc) is 3.22. The Labute approximate surface area is 236 Å². The molecule has 8 nitrogen and oxygen atoms in total. The van der Waals surface area contributed by atoms with E-state index in [0.29, 0.717) is 45.8 Å². The Balaban J connectivity index is 1.50. The molecule has 202 valence electrons. The molecule has 0 saturated carbocycles. The third kappa shape index (κ3) is 7.61. The maximum atomic E-state index is 13.4. The number of methoxy groups -OCH3 is 1. The predicted molar refractivity (Wildman–Crippen MR) is 154 cm³/mol. The summed E-state index contributed by atoms with van der Waals surface area (Å²) < 4.78 is 10.2. The molecule has 1 aliphatic rings. The molecule has 0 spiro atoms. The van der Waals surface area contributed by atoms with E-state index in [0.717, 1.165) is 5.56 Å². The summed E-state index contributed by atoms with van der Waals surface area (Å²) in [5.74, 6) is -0.180. The first-order valence-corrected chi connectivity index (χ1v) is 13.6. The van der Waals surface area contributed by atoms with Crippen LogP contribution in [0.15, 0.2) is 77.8 Å². The number of amidine groups is 1. The minimum Gasteiger partial charge on any atom is -0.497 e. The number of ether oxygens (including phenoxy) is 2. The number of carbonyl (C=O) groups excluding carboxylic acids is 3. The number of amides is 2. The number of anilines is 1. The van der Waals surface area contributed by atoms with Crippen LogP contribution in [0.4, 0.5) is 11.4 Å². The zero-order chi connectivity index (χ0) is 27.8. The summed E-state index contributed by atoms with van der Waals surface area (Å²) in [5.41, 5.74) is 2.64. The van der Waals surface area contributed by atoms with Gasteiger partial charge in [0.25, 0.3) is 0 Å². The summed E-state index contributed by atoms with van der Waals surface area (Å²) in [4.78, 5) is 44.5. The van der Waals surface area contributed by atoms with Gasteiger partial charge in [0.05, 0.1) is 25.0 Å². The lowest BCUT2D eigenvalue weighted by Gasteiger charge is -2.16. The van der Waals surface area contributed by atoms with Crippen molar-refractivity contribution in [2.75, 3.05) is 25.6 Å². The Morgan fingerprint density at radius 3 is 2.36 bits per heavy atom. The lowest BCUT2D eigenvalue weighted by atomic mass is 10.1. The Morgan fingerprint density at radius 2 is 1.72 bits per heavy atom. The van der Waals surface area contributed by atoms with Gasteiger partial charge in [-0.25, -0.2) is 9.79 Å². The number of rotatable bonds is 10. The number of hydrogen-bond acceptors (Lipinski definition) is 7. The van der Waals surface area contributed by atoms with Gasteiger partial charge in [0.2, 0.25) is 11.8 Å². The summed E-state index contributed by atoms with van der Waals surface area (Å²) in [5, 5.41) is 3.36. The van der Waals surface area contributed by atoms with Crippen LogP contribution in [-0.2, 0) is 20.7 Å². The Bertz CT molecular complexity index is 1340. The molecule has 1 atom stereocenters. The highest BCUT2D eigenvalue weighted by molar-refractivity contribution is 8.15. The first-order valence-electron chi connectivity index (χ1n) is 12.4. The lowest BCUT2D eigenvalue weighted by Crippen LogP contribution is -2.35. The number of nitrogens with zero attached hydrogens (tertiary/aromatic N) is 2. The van der Waals surface area contributed by atoms with Crippen LogP contribution in [0.1, 0.15) is 29.3 Å². The van der Waals surface area contributed by atoms with Gasteiger partial charge in [-0.1, -0.05) is 35.5 Å². The van der Waals surface area contributed by atoms with E-state index in [1.165, 1.54) is 11.8 Å². The predicted octanol–water partition coefficient (Wildman–Crippen LogP) is 5.73. The first kappa shape index (κ1) is 28.2. The molecule has 0 aliphatic carbocycles. The highest BCUT2D eigenvalue weighted by atomic mass is 35.5. The van der Waals surface area contributed by atoms with Gasteiger partial charge in [-0.05, 0) is 79.6 Å². The van der Waals surface area contributed by atoms with Crippen molar-refractivity contribution >= 4 is 57.7 Å². The van der Waals surface area contributed by atoms with E-state index in [4.69, 9.17) is 21.1 Å². The fraction of sp³-hybridized carbons (Fsp3) is 0.241. The minimum atomic E-state index is -0.619. The molecule has 3 aromatic carbocycles. The van der Waals surface area contributed by atoms with Crippen LogP contribution in [0.25, 0.3) is 0 Å². The van der Waals surface area contributed by atoms with Gasteiger partial charge in [-0.2, -0.15) is 0 Å². The lowest BCUT2D eigenvalue weighted by molar-refractivity contribution is -0.128. The molecule has 3 aromatic rings. The fourth-order valence-electron chi connectivity index (χ4n) is 3.87. The van der Waals surface area contributed by atoms with Crippen LogP contribution in [0.2, 0.25) is 5.02 Å². The van der Waals surface area contributed by atoms with E-state index >= 15 is 0 Å². The number of halogens is 1. The van der Waals surface area contributed by atoms with Gasteiger partial charge in [0.15, 0.2) is 5.17 Å². The molecule has 2 amide bonds. The van der Waals surface area contributed by atoms with E-state index in [9.17, 15) is 14.4 Å². The molecule has 1 heterocycles. The average molecular weight is 566 g/mol. The summed E-state index contributed by atoms with van der Waals surface area (Å²) in [7, 11) is 1.57. The molecule has 0 radical (unpaired) electrons. The minimum absolute atomic E-state index is 0.00616. The maximum Gasteiger partial charge on any atom is 0.338 e. The number of esters is 1. The molecule has 1 N–H and O–H groups in total. The maximum absolute atomic E-state index is 13.4. The zero-order valence-corrected chi connectivity index (χ0v) is 23.1. The molecular weight excluding hydrogens is 538 g/mol.